The van der Waals surface area contributed by atoms with E-state index in [9.17, 15) is 72.7 Å². The third-order valence-corrected chi connectivity index (χ3v) is 23.5. The summed E-state index contributed by atoms with van der Waals surface area (Å²) in [6.45, 7) is 9.26. The quantitative estimate of drug-likeness (QED) is 0.0228. The van der Waals surface area contributed by atoms with Crippen LogP contribution in [0.5, 0.6) is 23.0 Å². The lowest BCUT2D eigenvalue weighted by Crippen LogP contribution is -2.46. The number of rotatable bonds is 36. The van der Waals surface area contributed by atoms with Crippen LogP contribution in [0.3, 0.4) is 0 Å². The highest BCUT2D eigenvalue weighted by Gasteiger charge is 2.40. The molecule has 4 saturated carbocycles. The Morgan fingerprint density at radius 2 is 0.776 bits per heavy atom. The average Bonchev–Trinajstić information content (AvgIpc) is 1.67. The molecule has 33 heteroatoms. The molecular weight excluding hydrogens is 1610 g/mol. The van der Waals surface area contributed by atoms with Crippen LogP contribution >= 0.6 is 0 Å². The van der Waals surface area contributed by atoms with Gasteiger partial charge in [0.05, 0.1) is 58.4 Å². The predicted molar refractivity (Wildman–Crippen MR) is 462 cm³/mol. The fourth-order valence-electron chi connectivity index (χ4n) is 15.8. The summed E-state index contributed by atoms with van der Waals surface area (Å²) in [5.41, 5.74) is 25.4. The summed E-state index contributed by atoms with van der Waals surface area (Å²) in [7, 11) is 6.41. The lowest BCUT2D eigenvalue weighted by atomic mass is 9.94. The van der Waals surface area contributed by atoms with E-state index in [1.54, 1.807) is 45.5 Å². The number of aliphatic carboxylic acids is 1. The predicted octanol–water partition coefficient (Wildman–Crippen LogP) is 6.14. The van der Waals surface area contributed by atoms with Crippen LogP contribution in [0.2, 0.25) is 0 Å². The molecule has 33 nitrogen and oxygen atoms in total. The summed E-state index contributed by atoms with van der Waals surface area (Å²) >= 11 is 0. The second-order valence-electron chi connectivity index (χ2n) is 34.5. The molecule has 0 bridgehead atoms. The number of nitrogens with zero attached hydrogens (tertiary/aromatic N) is 4. The van der Waals surface area contributed by atoms with Crippen molar-refractivity contribution in [3.8, 4) is 29.1 Å². The number of urea groups is 3. The van der Waals surface area contributed by atoms with Crippen LogP contribution in [0.4, 0.5) is 14.4 Å². The van der Waals surface area contributed by atoms with Gasteiger partial charge >= 0.3 is 30.0 Å². The van der Waals surface area contributed by atoms with Crippen molar-refractivity contribution in [2.24, 2.45) is 52.7 Å². The number of ketones is 2. The molecule has 3 aliphatic heterocycles. The lowest BCUT2D eigenvalue weighted by Gasteiger charge is -2.24. The number of hydrogen-bond acceptors (Lipinski definition) is 20. The van der Waals surface area contributed by atoms with E-state index in [0.29, 0.717) is 142 Å². The van der Waals surface area contributed by atoms with E-state index in [1.165, 1.54) is 9.80 Å². The van der Waals surface area contributed by atoms with Gasteiger partial charge in [-0.05, 0) is 141 Å². The SMILES string of the molecule is COc1cccc2c1C=C(C(=O)N[C@@H](CC1CC1)C(=O)CC(C#N)CN1CCNC1=O)C2.COc1cccc2c1C=C(C(=O)N[C@@H](CC1CC1)C(=O)CC(CN1CCNC1=O)C(N)=O)C2.COc1cccc2c1C=C(C(=O)N[C@@H](CC1CC1)C(=O)O)C2.COc1cccc2c1C=C(C(=O)N[C@@H](CC1CC1)C(=O)OC(C)(C)C)C2.NC(=O)C(N)CN1CCNC1=O. The maximum atomic E-state index is 13.2. The Morgan fingerprint density at radius 1 is 0.464 bits per heavy atom. The molecule has 3 heterocycles. The number of carboxylic acid groups (broad SMARTS) is 1. The van der Waals surface area contributed by atoms with Crippen LogP contribution < -0.4 is 73.4 Å². The molecule has 668 valence electrons. The summed E-state index contributed by atoms with van der Waals surface area (Å²) in [4.78, 5) is 163. The maximum absolute atomic E-state index is 13.2. The lowest BCUT2D eigenvalue weighted by molar-refractivity contribution is -0.158. The Hall–Kier alpha value is -12.6. The van der Waals surface area contributed by atoms with Crippen LogP contribution in [0.1, 0.15) is 155 Å². The number of primary amides is 2. The molecule has 11 aliphatic rings. The third kappa shape index (κ3) is 26.5. The second kappa shape index (κ2) is 42.7. The first-order chi connectivity index (χ1) is 59.8. The summed E-state index contributed by atoms with van der Waals surface area (Å²) in [5, 5.41) is 38.1. The molecule has 125 heavy (non-hydrogen) atoms. The van der Waals surface area contributed by atoms with E-state index >= 15 is 0 Å². The topological polar surface area (TPSA) is 484 Å². The number of carbonyl (C=O) groups excluding carboxylic acids is 12. The number of carbonyl (C=O) groups is 13. The second-order valence-corrected chi connectivity index (χ2v) is 34.5. The van der Waals surface area contributed by atoms with Gasteiger partial charge in [0.15, 0.2) is 11.6 Å². The van der Waals surface area contributed by atoms with Crippen LogP contribution in [-0.4, -0.2) is 220 Å². The molecule has 3 saturated heterocycles. The molecule has 0 spiro atoms. The van der Waals surface area contributed by atoms with Crippen molar-refractivity contribution in [2.45, 2.75) is 172 Å². The van der Waals surface area contributed by atoms with E-state index in [1.807, 2.05) is 106 Å². The molecule has 4 aromatic carbocycles. The molecule has 3 unspecified atom stereocenters. The van der Waals surface area contributed by atoms with Crippen LogP contribution in [0.25, 0.3) is 24.3 Å². The van der Waals surface area contributed by atoms with E-state index in [0.717, 1.165) is 113 Å². The highest BCUT2D eigenvalue weighted by molar-refractivity contribution is 6.06. The molecule has 14 N–H and O–H groups in total. The Labute approximate surface area is 727 Å². The zero-order valence-electron chi connectivity index (χ0n) is 72.0. The first-order valence-corrected chi connectivity index (χ1v) is 42.8. The fourth-order valence-corrected chi connectivity index (χ4v) is 15.8. The van der Waals surface area contributed by atoms with E-state index in [2.05, 4.69) is 43.3 Å². The molecule has 7 atom stereocenters. The molecule has 4 aromatic rings. The number of nitrogens with one attached hydrogen (secondary N) is 7. The van der Waals surface area contributed by atoms with Gasteiger partial charge in [-0.3, -0.25) is 38.4 Å². The van der Waals surface area contributed by atoms with Gasteiger partial charge in [0.1, 0.15) is 46.7 Å². The minimum atomic E-state index is -0.964. The number of hydrogen-bond donors (Lipinski definition) is 11. The standard InChI is InChI=1S/C24H30N4O5.C24H28N4O4.C21H27NO4.C17H19NO4.C6H12N4O2/c1-33-21-4-2-3-15-10-16(11-18(15)21)23(31)27-19(9-14-5-6-14)20(29)12-17(22(25)30)13-28-8-7-26-24(28)32;1-32-22-4-2-3-17-11-18(12-19(17)22)23(30)27-20(9-15-5-6-15)21(29)10-16(13-25)14-28-8-7-26-24(28)31;1-21(2,3)26-20(24)17(10-13-8-9-13)22-19(23)15-11-14-6-5-7-18(25-4)16(14)12-15;1-22-15-4-2-3-11-8-12(9-13(11)15)16(19)18-14(17(20)21)7-10-5-6-10;7-4(5(8)11)3-10-2-1-9-6(10)12/h2-4,11,14,17,19H,5-10,12-13H2,1H3,(H2,25,30)(H,26,32)(H,27,31);2-4,12,15-16,20H,5-11,14H2,1H3,(H,26,31)(H,27,30);5-7,12-13,17H,8-11H2,1-4H3,(H,22,23);2-4,9-10,14H,5-8H2,1H3,(H,18,19)(H,20,21);4H,1-3,7H2,(H2,8,11)(H,9,12)/t17?,19-;16?,20-;17-;14-;/m0000./s1. The summed E-state index contributed by atoms with van der Waals surface area (Å²) in [6.07, 6.45) is 20.0. The molecule has 7 fully saturated rings. The van der Waals surface area contributed by atoms with Crippen molar-refractivity contribution < 1.29 is 91.1 Å². The van der Waals surface area contributed by atoms with Gasteiger partial charge in [0, 0.05) is 142 Å². The van der Waals surface area contributed by atoms with Gasteiger partial charge < -0.3 is 97.9 Å². The first-order valence-electron chi connectivity index (χ1n) is 42.8. The van der Waals surface area contributed by atoms with Crippen molar-refractivity contribution in [3.63, 3.8) is 0 Å². The molecular formula is C92H116N14O19. The van der Waals surface area contributed by atoms with Gasteiger partial charge in [-0.2, -0.15) is 5.26 Å². The number of methoxy groups -OCH3 is 4. The van der Waals surface area contributed by atoms with Crippen molar-refractivity contribution in [1.29, 1.82) is 5.26 Å². The molecule has 0 aromatic heterocycles. The number of carboxylic acids is 1. The number of esters is 1. The molecule has 8 aliphatic carbocycles. The highest BCUT2D eigenvalue weighted by atomic mass is 16.6. The zero-order valence-corrected chi connectivity index (χ0v) is 72.0. The average molecular weight is 1720 g/mol. The van der Waals surface area contributed by atoms with Gasteiger partial charge in [-0.25, -0.2) is 24.0 Å². The fraction of sp³-hybridized carbons (Fsp3) is 0.500. The minimum absolute atomic E-state index is 0.0189. The summed E-state index contributed by atoms with van der Waals surface area (Å²) in [6, 6.07) is 20.9. The van der Waals surface area contributed by atoms with Crippen molar-refractivity contribution in [1.82, 2.24) is 51.9 Å². The van der Waals surface area contributed by atoms with E-state index in [-0.39, 0.29) is 91.7 Å². The normalized spacial score (nSPS) is 18.2. The summed E-state index contributed by atoms with van der Waals surface area (Å²) < 4.78 is 26.9. The van der Waals surface area contributed by atoms with E-state index in [4.69, 9.17) is 40.9 Å². The monoisotopic (exact) mass is 1720 g/mol. The Bertz CT molecular complexity index is 4930. The number of nitrogens with two attached hydrogens (primary N) is 3. The van der Waals surface area contributed by atoms with Crippen molar-refractivity contribution >= 4 is 101 Å². The Kier molecular flexibility index (Phi) is 31.8. The highest BCUT2D eigenvalue weighted by Crippen LogP contribution is 2.41. The van der Waals surface area contributed by atoms with Crippen LogP contribution in [0.15, 0.2) is 95.1 Å². The van der Waals surface area contributed by atoms with Crippen LogP contribution in [-0.2, 0) is 78.4 Å². The van der Waals surface area contributed by atoms with Crippen molar-refractivity contribution in [3.05, 3.63) is 140 Å². The number of nitriles is 1. The third-order valence-electron chi connectivity index (χ3n) is 23.5. The summed E-state index contributed by atoms with van der Waals surface area (Å²) in [5.74, 6) is -0.665. The number of ether oxygens (including phenoxy) is 5. The van der Waals surface area contributed by atoms with Crippen molar-refractivity contribution in [2.75, 3.05) is 87.3 Å². The van der Waals surface area contributed by atoms with Gasteiger partial charge in [0.25, 0.3) is 0 Å². The molecule has 12 amide bonds. The Balaban J connectivity index is 0.000000156. The number of benzene rings is 4. The number of fused-ring (bicyclic) bond motifs is 4. The minimum Gasteiger partial charge on any atom is -0.496 e. The van der Waals surface area contributed by atoms with Gasteiger partial charge in [0.2, 0.25) is 35.4 Å². The van der Waals surface area contributed by atoms with Gasteiger partial charge in [-0.1, -0.05) is 99.9 Å². The first kappa shape index (κ1) is 93.1. The molecule has 15 rings (SSSR count). The number of amides is 12. The van der Waals surface area contributed by atoms with Gasteiger partial charge in [-0.15, -0.1) is 0 Å². The zero-order chi connectivity index (χ0) is 89.9. The smallest absolute Gasteiger partial charge is 0.329 e. The molecule has 0 radical (unpaired) electrons. The largest absolute Gasteiger partial charge is 0.496 e. The Morgan fingerprint density at radius 3 is 1.07 bits per heavy atom. The maximum Gasteiger partial charge on any atom is 0.329 e. The van der Waals surface area contributed by atoms with E-state index < -0.39 is 65.4 Å². The van der Waals surface area contributed by atoms with Crippen LogP contribution in [0, 0.1) is 46.8 Å². The number of Topliss-reactive ketones (excluding diaryl/α,β-unsaturated/α-hetero) is 2.